The number of benzene rings is 1. The van der Waals surface area contributed by atoms with Gasteiger partial charge in [0.25, 0.3) is 0 Å². The van der Waals surface area contributed by atoms with Gasteiger partial charge < -0.3 is 10.6 Å². The molecule has 1 amide bonds. The van der Waals surface area contributed by atoms with E-state index in [9.17, 15) is 4.79 Å². The van der Waals surface area contributed by atoms with Crippen LogP contribution in [0.15, 0.2) is 18.2 Å². The number of amides is 1. The molecular formula is C14H22ClN3O. The minimum atomic E-state index is -0.0214. The lowest BCUT2D eigenvalue weighted by atomic mass is 10.2. The average Bonchev–Trinajstić information content (AvgIpc) is 2.34. The van der Waals surface area contributed by atoms with E-state index in [1.807, 2.05) is 38.1 Å². The van der Waals surface area contributed by atoms with E-state index >= 15 is 0 Å². The third-order valence-corrected chi connectivity index (χ3v) is 3.24. The molecule has 0 bridgehead atoms. The monoisotopic (exact) mass is 283 g/mol. The summed E-state index contributed by atoms with van der Waals surface area (Å²) in [5, 5.41) is 6.60. The summed E-state index contributed by atoms with van der Waals surface area (Å²) in [6, 6.07) is 5.53. The molecule has 0 aliphatic carbocycles. The van der Waals surface area contributed by atoms with Gasteiger partial charge in [0.1, 0.15) is 0 Å². The van der Waals surface area contributed by atoms with E-state index in [0.29, 0.717) is 11.6 Å². The van der Waals surface area contributed by atoms with Crippen LogP contribution in [0.1, 0.15) is 12.0 Å². The molecule has 5 heteroatoms. The molecule has 4 nitrogen and oxygen atoms in total. The summed E-state index contributed by atoms with van der Waals surface area (Å²) in [7, 11) is 3.87. The average molecular weight is 284 g/mol. The molecule has 1 aromatic rings. The normalized spacial score (nSPS) is 10.8. The van der Waals surface area contributed by atoms with Crippen molar-refractivity contribution in [3.05, 3.63) is 28.8 Å². The van der Waals surface area contributed by atoms with Crippen molar-refractivity contribution in [3.8, 4) is 0 Å². The molecule has 0 unspecified atom stereocenters. The predicted octanol–water partition coefficient (Wildman–Crippen LogP) is 2.13. The first-order chi connectivity index (χ1) is 9.02. The van der Waals surface area contributed by atoms with Gasteiger partial charge in [-0.2, -0.15) is 0 Å². The van der Waals surface area contributed by atoms with Crippen molar-refractivity contribution in [3.63, 3.8) is 0 Å². The minimum Gasteiger partial charge on any atom is -0.325 e. The van der Waals surface area contributed by atoms with Gasteiger partial charge in [0, 0.05) is 10.7 Å². The number of halogens is 1. The molecule has 0 radical (unpaired) electrons. The largest absolute Gasteiger partial charge is 0.325 e. The zero-order chi connectivity index (χ0) is 14.3. The molecule has 0 saturated carbocycles. The molecule has 0 aromatic heterocycles. The van der Waals surface area contributed by atoms with Crippen LogP contribution in [0.25, 0.3) is 0 Å². The molecule has 0 saturated heterocycles. The Hall–Kier alpha value is -1.10. The smallest absolute Gasteiger partial charge is 0.238 e. The Balaban J connectivity index is 2.39. The number of carbonyl (C=O) groups is 1. The third kappa shape index (κ3) is 6.05. The molecule has 0 heterocycles. The molecule has 0 aliphatic rings. The maximum atomic E-state index is 11.8. The topological polar surface area (TPSA) is 44.4 Å². The first kappa shape index (κ1) is 16.0. The highest BCUT2D eigenvalue weighted by atomic mass is 35.5. The van der Waals surface area contributed by atoms with E-state index in [1.165, 1.54) is 0 Å². The number of rotatable bonds is 7. The van der Waals surface area contributed by atoms with Gasteiger partial charge in [-0.15, -0.1) is 0 Å². The summed E-state index contributed by atoms with van der Waals surface area (Å²) in [5.41, 5.74) is 1.74. The summed E-state index contributed by atoms with van der Waals surface area (Å²) >= 11 is 6.02. The fourth-order valence-electron chi connectivity index (χ4n) is 1.72. The molecule has 0 atom stereocenters. The Bertz CT molecular complexity index is 423. The van der Waals surface area contributed by atoms with Crippen LogP contribution in [0.5, 0.6) is 0 Å². The summed E-state index contributed by atoms with van der Waals surface area (Å²) in [5.74, 6) is -0.0214. The fraction of sp³-hybridized carbons (Fsp3) is 0.500. The van der Waals surface area contributed by atoms with Gasteiger partial charge in [-0.05, 0) is 58.2 Å². The molecule has 0 aliphatic heterocycles. The number of nitrogens with zero attached hydrogens (tertiary/aromatic N) is 1. The predicted molar refractivity (Wildman–Crippen MR) is 80.9 cm³/mol. The van der Waals surface area contributed by atoms with Crippen molar-refractivity contribution in [2.75, 3.05) is 39.0 Å². The van der Waals surface area contributed by atoms with Crippen LogP contribution in [-0.2, 0) is 4.79 Å². The molecule has 1 aromatic carbocycles. The van der Waals surface area contributed by atoms with Gasteiger partial charge in [0.2, 0.25) is 5.91 Å². The van der Waals surface area contributed by atoms with Crippen molar-refractivity contribution in [2.24, 2.45) is 0 Å². The molecule has 106 valence electrons. The second-order valence-electron chi connectivity index (χ2n) is 4.71. The maximum absolute atomic E-state index is 11.8. The quantitative estimate of drug-likeness (QED) is 0.754. The summed E-state index contributed by atoms with van der Waals surface area (Å²) < 4.78 is 0. The Morgan fingerprint density at radius 2 is 2.16 bits per heavy atom. The standard InChI is InChI=1S/C14H22ClN3O/c1-11-5-6-12(9-13(11)15)17-14(19)10-18(3)8-4-7-16-2/h5-6,9,16H,4,7-8,10H2,1-3H3,(H,17,19). The summed E-state index contributed by atoms with van der Waals surface area (Å²) in [4.78, 5) is 13.8. The van der Waals surface area contributed by atoms with E-state index in [4.69, 9.17) is 11.6 Å². The molecule has 1 rings (SSSR count). The van der Waals surface area contributed by atoms with Crippen LogP contribution in [0.3, 0.4) is 0 Å². The van der Waals surface area contributed by atoms with Crippen LogP contribution in [0.2, 0.25) is 5.02 Å². The molecule has 2 N–H and O–H groups in total. The second-order valence-corrected chi connectivity index (χ2v) is 5.11. The van der Waals surface area contributed by atoms with Gasteiger partial charge in [-0.3, -0.25) is 9.69 Å². The lowest BCUT2D eigenvalue weighted by molar-refractivity contribution is -0.117. The highest BCUT2D eigenvalue weighted by Crippen LogP contribution is 2.19. The highest BCUT2D eigenvalue weighted by molar-refractivity contribution is 6.31. The van der Waals surface area contributed by atoms with Gasteiger partial charge in [0.05, 0.1) is 6.54 Å². The van der Waals surface area contributed by atoms with E-state index in [0.717, 1.165) is 30.8 Å². The number of anilines is 1. The van der Waals surface area contributed by atoms with Crippen LogP contribution in [0, 0.1) is 6.92 Å². The van der Waals surface area contributed by atoms with Crippen molar-refractivity contribution >= 4 is 23.2 Å². The van der Waals surface area contributed by atoms with Gasteiger partial charge >= 0.3 is 0 Å². The zero-order valence-corrected chi connectivity index (χ0v) is 12.5. The van der Waals surface area contributed by atoms with Crippen LogP contribution in [0.4, 0.5) is 5.69 Å². The summed E-state index contributed by atoms with van der Waals surface area (Å²) in [6.07, 6.45) is 1.02. The number of hydrogen-bond donors (Lipinski definition) is 2. The SMILES string of the molecule is CNCCCN(C)CC(=O)Nc1ccc(C)c(Cl)c1. The maximum Gasteiger partial charge on any atom is 0.238 e. The third-order valence-electron chi connectivity index (χ3n) is 2.84. The first-order valence-electron chi connectivity index (χ1n) is 6.42. The molecule has 0 spiro atoms. The Labute approximate surface area is 120 Å². The van der Waals surface area contributed by atoms with Gasteiger partial charge in [-0.1, -0.05) is 17.7 Å². The highest BCUT2D eigenvalue weighted by Gasteiger charge is 2.07. The van der Waals surface area contributed by atoms with E-state index in [2.05, 4.69) is 10.6 Å². The Kier molecular flexibility index (Phi) is 6.84. The molecular weight excluding hydrogens is 262 g/mol. The lowest BCUT2D eigenvalue weighted by Gasteiger charge is -2.16. The van der Waals surface area contributed by atoms with Crippen molar-refractivity contribution in [1.82, 2.24) is 10.2 Å². The number of hydrogen-bond acceptors (Lipinski definition) is 3. The summed E-state index contributed by atoms with van der Waals surface area (Å²) in [6.45, 7) is 4.17. The Morgan fingerprint density at radius 1 is 1.42 bits per heavy atom. The van der Waals surface area contributed by atoms with E-state index in [-0.39, 0.29) is 5.91 Å². The van der Waals surface area contributed by atoms with Gasteiger partial charge in [0.15, 0.2) is 0 Å². The zero-order valence-electron chi connectivity index (χ0n) is 11.8. The van der Waals surface area contributed by atoms with Crippen LogP contribution in [-0.4, -0.2) is 44.5 Å². The van der Waals surface area contributed by atoms with Crippen LogP contribution >= 0.6 is 11.6 Å². The Morgan fingerprint density at radius 3 is 2.79 bits per heavy atom. The van der Waals surface area contributed by atoms with Crippen LogP contribution < -0.4 is 10.6 Å². The fourth-order valence-corrected chi connectivity index (χ4v) is 1.90. The number of likely N-dealkylation sites (N-methyl/N-ethyl adjacent to an activating group) is 1. The molecule has 19 heavy (non-hydrogen) atoms. The van der Waals surface area contributed by atoms with Crippen molar-refractivity contribution < 1.29 is 4.79 Å². The molecule has 0 fully saturated rings. The second kappa shape index (κ2) is 8.15. The van der Waals surface area contributed by atoms with Gasteiger partial charge in [-0.25, -0.2) is 0 Å². The van der Waals surface area contributed by atoms with Crippen molar-refractivity contribution in [2.45, 2.75) is 13.3 Å². The lowest BCUT2D eigenvalue weighted by Crippen LogP contribution is -2.31. The minimum absolute atomic E-state index is 0.0214. The van der Waals surface area contributed by atoms with Crippen molar-refractivity contribution in [1.29, 1.82) is 0 Å². The van der Waals surface area contributed by atoms with E-state index in [1.54, 1.807) is 6.07 Å². The number of carbonyl (C=O) groups excluding carboxylic acids is 1. The first-order valence-corrected chi connectivity index (χ1v) is 6.80. The number of aryl methyl sites for hydroxylation is 1. The van der Waals surface area contributed by atoms with E-state index < -0.39 is 0 Å². The number of nitrogens with one attached hydrogen (secondary N) is 2.